The van der Waals surface area contributed by atoms with Crippen LogP contribution in [0.1, 0.15) is 17.3 Å². The molecule has 2 aromatic rings. The van der Waals surface area contributed by atoms with Crippen LogP contribution in [-0.4, -0.2) is 12.9 Å². The highest BCUT2D eigenvalue weighted by Gasteiger charge is 2.15. The molecule has 19 heavy (non-hydrogen) atoms. The largest absolute Gasteiger partial charge is 0.496 e. The van der Waals surface area contributed by atoms with E-state index in [2.05, 4.69) is 22.6 Å². The first kappa shape index (κ1) is 13.9. The first-order valence-corrected chi connectivity index (χ1v) is 6.81. The normalized spacial score (nSPS) is 10.1. The van der Waals surface area contributed by atoms with Gasteiger partial charge >= 0.3 is 0 Å². The van der Waals surface area contributed by atoms with Gasteiger partial charge in [0.15, 0.2) is 5.78 Å². The number of rotatable bonds is 4. The van der Waals surface area contributed by atoms with Crippen LogP contribution >= 0.6 is 22.6 Å². The van der Waals surface area contributed by atoms with Crippen LogP contribution in [0.15, 0.2) is 42.5 Å². The first-order chi connectivity index (χ1) is 9.13. The van der Waals surface area contributed by atoms with Crippen LogP contribution in [0.4, 0.5) is 0 Å². The summed E-state index contributed by atoms with van der Waals surface area (Å²) in [5.41, 5.74) is 0.463. The molecular formula is C15H13IO3. The lowest BCUT2D eigenvalue weighted by atomic mass is 10.1. The van der Waals surface area contributed by atoms with Crippen LogP contribution < -0.4 is 9.47 Å². The second-order valence-corrected chi connectivity index (χ2v) is 5.08. The lowest BCUT2D eigenvalue weighted by Crippen LogP contribution is -2.01. The fourth-order valence-corrected chi connectivity index (χ4v) is 2.26. The van der Waals surface area contributed by atoms with Crippen molar-refractivity contribution in [1.29, 1.82) is 0 Å². The van der Waals surface area contributed by atoms with E-state index in [1.807, 2.05) is 24.3 Å². The first-order valence-electron chi connectivity index (χ1n) is 5.74. The molecule has 0 amide bonds. The Balaban J connectivity index is 2.46. The molecule has 0 unspecified atom stereocenters. The van der Waals surface area contributed by atoms with Crippen LogP contribution in [0.3, 0.4) is 0 Å². The summed E-state index contributed by atoms with van der Waals surface area (Å²) in [4.78, 5) is 11.8. The van der Waals surface area contributed by atoms with Crippen LogP contribution in [0.5, 0.6) is 17.2 Å². The molecule has 4 heteroatoms. The molecule has 3 nitrogen and oxygen atoms in total. The Hall–Kier alpha value is -1.56. The third-order valence-corrected chi connectivity index (χ3v) is 3.51. The predicted molar refractivity (Wildman–Crippen MR) is 82.2 cm³/mol. The quantitative estimate of drug-likeness (QED) is 0.597. The van der Waals surface area contributed by atoms with Gasteiger partial charge in [0.05, 0.1) is 10.7 Å². The molecule has 0 saturated heterocycles. The fourth-order valence-electron chi connectivity index (χ4n) is 1.76. The summed E-state index contributed by atoms with van der Waals surface area (Å²) in [6.07, 6.45) is 0. The summed E-state index contributed by atoms with van der Waals surface area (Å²) in [5.74, 6) is 1.67. The standard InChI is InChI=1S/C15H13IO3/c1-10(17)15-13(18-2)8-5-9-14(15)19-12-7-4-3-6-11(12)16/h3-9H,1-2H3. The SMILES string of the molecule is COc1cccc(Oc2ccccc2I)c1C(C)=O. The highest BCUT2D eigenvalue weighted by Crippen LogP contribution is 2.33. The second-order valence-electron chi connectivity index (χ2n) is 3.92. The maximum absolute atomic E-state index is 11.8. The van der Waals surface area contributed by atoms with E-state index in [-0.39, 0.29) is 5.78 Å². The van der Waals surface area contributed by atoms with Gasteiger partial charge in [0.25, 0.3) is 0 Å². The zero-order chi connectivity index (χ0) is 13.8. The fraction of sp³-hybridized carbons (Fsp3) is 0.133. The molecule has 0 bridgehead atoms. The number of benzene rings is 2. The van der Waals surface area contributed by atoms with E-state index in [9.17, 15) is 4.79 Å². The minimum Gasteiger partial charge on any atom is -0.496 e. The molecule has 0 aliphatic carbocycles. The number of para-hydroxylation sites is 1. The Morgan fingerprint density at radius 1 is 1.00 bits per heavy atom. The zero-order valence-corrected chi connectivity index (χ0v) is 12.8. The van der Waals surface area contributed by atoms with Crippen molar-refractivity contribution in [2.45, 2.75) is 6.92 Å². The molecule has 0 aromatic heterocycles. The monoisotopic (exact) mass is 368 g/mol. The molecule has 0 spiro atoms. The number of ketones is 1. The Morgan fingerprint density at radius 3 is 2.26 bits per heavy atom. The maximum Gasteiger partial charge on any atom is 0.167 e. The molecule has 0 aliphatic heterocycles. The average Bonchev–Trinajstić information content (AvgIpc) is 2.40. The topological polar surface area (TPSA) is 35.5 Å². The third kappa shape index (κ3) is 3.07. The zero-order valence-electron chi connectivity index (χ0n) is 10.6. The number of methoxy groups -OCH3 is 1. The molecule has 98 valence electrons. The van der Waals surface area contributed by atoms with E-state index >= 15 is 0 Å². The smallest absolute Gasteiger partial charge is 0.167 e. The predicted octanol–water partition coefficient (Wildman–Crippen LogP) is 4.29. The second kappa shape index (κ2) is 6.06. The summed E-state index contributed by atoms with van der Waals surface area (Å²) >= 11 is 2.19. The molecule has 0 fully saturated rings. The summed E-state index contributed by atoms with van der Waals surface area (Å²) in [6, 6.07) is 13.0. The summed E-state index contributed by atoms with van der Waals surface area (Å²) < 4.78 is 12.0. The molecule has 0 saturated carbocycles. The Kier molecular flexibility index (Phi) is 4.42. The summed E-state index contributed by atoms with van der Waals surface area (Å²) in [5, 5.41) is 0. The number of ether oxygens (including phenoxy) is 2. The Labute approximate surface area is 125 Å². The van der Waals surface area contributed by atoms with Crippen molar-refractivity contribution in [3.05, 3.63) is 51.6 Å². The molecule has 2 aromatic carbocycles. The minimum absolute atomic E-state index is 0.0848. The van der Waals surface area contributed by atoms with E-state index in [1.54, 1.807) is 18.2 Å². The van der Waals surface area contributed by atoms with Gasteiger partial charge in [-0.1, -0.05) is 18.2 Å². The van der Waals surface area contributed by atoms with Crippen LogP contribution in [0, 0.1) is 3.57 Å². The van der Waals surface area contributed by atoms with E-state index in [0.717, 1.165) is 9.32 Å². The number of hydrogen-bond acceptors (Lipinski definition) is 3. The number of hydrogen-bond donors (Lipinski definition) is 0. The molecule has 0 radical (unpaired) electrons. The van der Waals surface area contributed by atoms with Crippen molar-refractivity contribution in [2.75, 3.05) is 7.11 Å². The van der Waals surface area contributed by atoms with Gasteiger partial charge in [0, 0.05) is 0 Å². The van der Waals surface area contributed by atoms with E-state index in [4.69, 9.17) is 9.47 Å². The number of Topliss-reactive ketones (excluding diaryl/α,β-unsaturated/α-hetero) is 1. The highest BCUT2D eigenvalue weighted by atomic mass is 127. The highest BCUT2D eigenvalue weighted by molar-refractivity contribution is 14.1. The number of carbonyl (C=O) groups is 1. The van der Waals surface area contributed by atoms with Crippen molar-refractivity contribution in [2.24, 2.45) is 0 Å². The van der Waals surface area contributed by atoms with Gasteiger partial charge in [-0.15, -0.1) is 0 Å². The van der Waals surface area contributed by atoms with Gasteiger partial charge in [-0.25, -0.2) is 0 Å². The maximum atomic E-state index is 11.8. The van der Waals surface area contributed by atoms with Gasteiger partial charge in [-0.05, 0) is 53.8 Å². The van der Waals surface area contributed by atoms with E-state index in [1.165, 1.54) is 14.0 Å². The Bertz CT molecular complexity index is 608. The number of halogens is 1. The van der Waals surface area contributed by atoms with E-state index < -0.39 is 0 Å². The molecule has 0 atom stereocenters. The molecular weight excluding hydrogens is 355 g/mol. The third-order valence-electron chi connectivity index (χ3n) is 2.62. The number of carbonyl (C=O) groups excluding carboxylic acids is 1. The van der Waals surface area contributed by atoms with Crippen molar-refractivity contribution in [1.82, 2.24) is 0 Å². The summed E-state index contributed by atoms with van der Waals surface area (Å²) in [7, 11) is 1.54. The van der Waals surface area contributed by atoms with Gasteiger partial charge in [0.1, 0.15) is 22.8 Å². The van der Waals surface area contributed by atoms with Crippen molar-refractivity contribution in [3.63, 3.8) is 0 Å². The minimum atomic E-state index is -0.0848. The molecule has 0 aliphatic rings. The van der Waals surface area contributed by atoms with Gasteiger partial charge in [0.2, 0.25) is 0 Å². The lowest BCUT2D eigenvalue weighted by molar-refractivity contribution is 0.101. The van der Waals surface area contributed by atoms with Crippen LogP contribution in [0.25, 0.3) is 0 Å². The van der Waals surface area contributed by atoms with Gasteiger partial charge in [-0.2, -0.15) is 0 Å². The van der Waals surface area contributed by atoms with Crippen LogP contribution in [0.2, 0.25) is 0 Å². The van der Waals surface area contributed by atoms with Gasteiger partial charge in [-0.3, -0.25) is 4.79 Å². The van der Waals surface area contributed by atoms with Crippen molar-refractivity contribution >= 4 is 28.4 Å². The molecule has 0 N–H and O–H groups in total. The van der Waals surface area contributed by atoms with Crippen molar-refractivity contribution < 1.29 is 14.3 Å². The van der Waals surface area contributed by atoms with Gasteiger partial charge < -0.3 is 9.47 Å². The average molecular weight is 368 g/mol. The van der Waals surface area contributed by atoms with Crippen molar-refractivity contribution in [3.8, 4) is 17.2 Å². The van der Waals surface area contributed by atoms with Crippen LogP contribution in [-0.2, 0) is 0 Å². The summed E-state index contributed by atoms with van der Waals surface area (Å²) in [6.45, 7) is 1.50. The Morgan fingerprint density at radius 2 is 1.63 bits per heavy atom. The molecule has 0 heterocycles. The molecule has 2 rings (SSSR count). The lowest BCUT2D eigenvalue weighted by Gasteiger charge is -2.13. The van der Waals surface area contributed by atoms with E-state index in [0.29, 0.717) is 17.1 Å².